The molecule has 0 spiro atoms. The third kappa shape index (κ3) is 2.22. The monoisotopic (exact) mass is 244 g/mol. The Labute approximate surface area is 101 Å². The molecule has 5 heteroatoms. The zero-order valence-corrected chi connectivity index (χ0v) is 10.8. The van der Waals surface area contributed by atoms with Crippen molar-refractivity contribution in [1.29, 1.82) is 0 Å². The fraction of sp³-hybridized carbons (Fsp3) is 1.00. The largest absolute Gasteiger partial charge is 0.348 e. The molecule has 3 heterocycles. The molecule has 0 N–H and O–H groups in total. The lowest BCUT2D eigenvalue weighted by molar-refractivity contribution is -0.220. The van der Waals surface area contributed by atoms with E-state index >= 15 is 0 Å². The van der Waals surface area contributed by atoms with Crippen LogP contribution in [0.5, 0.6) is 0 Å². The van der Waals surface area contributed by atoms with Gasteiger partial charge in [-0.15, -0.1) is 0 Å². The Morgan fingerprint density at radius 2 is 1.53 bits per heavy atom. The number of hydrogen-bond donors (Lipinski definition) is 0. The highest BCUT2D eigenvalue weighted by molar-refractivity contribution is 4.90. The van der Waals surface area contributed by atoms with E-state index in [1.165, 1.54) is 0 Å². The summed E-state index contributed by atoms with van der Waals surface area (Å²) in [7, 11) is 0. The summed E-state index contributed by atoms with van der Waals surface area (Å²) in [5.41, 5.74) is 0. The minimum atomic E-state index is -0.535. The van der Waals surface area contributed by atoms with E-state index in [1.807, 2.05) is 27.7 Å². The quantitative estimate of drug-likeness (QED) is 0.697. The molecule has 3 aliphatic heterocycles. The molecule has 3 fully saturated rings. The fourth-order valence-electron chi connectivity index (χ4n) is 2.67. The first-order valence-electron chi connectivity index (χ1n) is 6.18. The van der Waals surface area contributed by atoms with Gasteiger partial charge in [-0.3, -0.25) is 0 Å². The first-order valence-corrected chi connectivity index (χ1v) is 6.18. The van der Waals surface area contributed by atoms with Crippen LogP contribution in [-0.4, -0.2) is 42.8 Å². The third-order valence-electron chi connectivity index (χ3n) is 3.36. The second-order valence-electron chi connectivity index (χ2n) is 5.82. The van der Waals surface area contributed by atoms with Gasteiger partial charge >= 0.3 is 0 Å². The van der Waals surface area contributed by atoms with E-state index < -0.39 is 11.6 Å². The van der Waals surface area contributed by atoms with Crippen molar-refractivity contribution in [1.82, 2.24) is 0 Å². The van der Waals surface area contributed by atoms with Crippen LogP contribution in [0, 0.1) is 0 Å². The molecule has 0 aromatic carbocycles. The van der Waals surface area contributed by atoms with Crippen molar-refractivity contribution in [3.63, 3.8) is 0 Å². The van der Waals surface area contributed by atoms with E-state index in [1.54, 1.807) is 0 Å². The van der Waals surface area contributed by atoms with E-state index in [4.69, 9.17) is 23.7 Å². The minimum Gasteiger partial charge on any atom is -0.348 e. The molecule has 3 aliphatic rings. The van der Waals surface area contributed by atoms with E-state index in [9.17, 15) is 0 Å². The second-order valence-corrected chi connectivity index (χ2v) is 5.82. The van der Waals surface area contributed by atoms with Gasteiger partial charge in [0.15, 0.2) is 17.9 Å². The first-order chi connectivity index (χ1) is 7.85. The van der Waals surface area contributed by atoms with E-state index in [0.29, 0.717) is 6.61 Å². The maximum Gasteiger partial charge on any atom is 0.187 e. The van der Waals surface area contributed by atoms with Crippen LogP contribution in [0.4, 0.5) is 0 Å². The van der Waals surface area contributed by atoms with Crippen LogP contribution in [-0.2, 0) is 23.7 Å². The third-order valence-corrected chi connectivity index (χ3v) is 3.36. The molecule has 0 aliphatic carbocycles. The Balaban J connectivity index is 1.60. The Bertz CT molecular complexity index is 298. The van der Waals surface area contributed by atoms with Crippen molar-refractivity contribution in [2.75, 3.05) is 6.61 Å². The summed E-state index contributed by atoms with van der Waals surface area (Å²) in [6, 6.07) is 0. The highest BCUT2D eigenvalue weighted by Gasteiger charge is 2.52. The molecule has 5 nitrogen and oxygen atoms in total. The van der Waals surface area contributed by atoms with Gasteiger partial charge in [-0.1, -0.05) is 0 Å². The van der Waals surface area contributed by atoms with E-state index in [2.05, 4.69) is 0 Å². The normalized spacial score (nSPS) is 47.3. The molecule has 3 saturated heterocycles. The molecule has 0 saturated carbocycles. The topological polar surface area (TPSA) is 46.2 Å². The van der Waals surface area contributed by atoms with Crippen molar-refractivity contribution in [2.45, 2.75) is 70.3 Å². The van der Waals surface area contributed by atoms with Crippen molar-refractivity contribution in [3.8, 4) is 0 Å². The lowest BCUT2D eigenvalue weighted by atomic mass is 10.1. The fourth-order valence-corrected chi connectivity index (χ4v) is 2.67. The predicted octanol–water partition coefficient (Wildman–Crippen LogP) is 1.40. The molecule has 0 radical (unpaired) electrons. The highest BCUT2D eigenvalue weighted by Crippen LogP contribution is 2.40. The van der Waals surface area contributed by atoms with Crippen molar-refractivity contribution in [2.24, 2.45) is 0 Å². The van der Waals surface area contributed by atoms with Crippen LogP contribution in [0.15, 0.2) is 0 Å². The van der Waals surface area contributed by atoms with E-state index in [0.717, 1.165) is 6.42 Å². The highest BCUT2D eigenvalue weighted by atomic mass is 16.8. The standard InChI is InChI=1S/C12H20O5/c1-11(2)13-6-9(16-11)7-5-8-10(14-7)17-12(3,4)15-8/h7-10H,5-6H2,1-4H3/t7?,8-,9?,10?/m1/s1. The molecule has 0 aromatic heterocycles. The summed E-state index contributed by atoms with van der Waals surface area (Å²) < 4.78 is 28.6. The van der Waals surface area contributed by atoms with Gasteiger partial charge in [0.1, 0.15) is 12.2 Å². The maximum atomic E-state index is 5.85. The zero-order valence-electron chi connectivity index (χ0n) is 10.8. The number of hydrogen-bond acceptors (Lipinski definition) is 5. The Morgan fingerprint density at radius 1 is 0.824 bits per heavy atom. The molecule has 3 unspecified atom stereocenters. The minimum absolute atomic E-state index is 0.00266. The SMILES string of the molecule is CC1(C)OCC(C2C[C@H]3OC(C)(C)OC3O2)O1. The van der Waals surface area contributed by atoms with Crippen LogP contribution in [0.25, 0.3) is 0 Å². The van der Waals surface area contributed by atoms with Gasteiger partial charge in [-0.05, 0) is 27.7 Å². The van der Waals surface area contributed by atoms with Crippen LogP contribution >= 0.6 is 0 Å². The molecule has 3 rings (SSSR count). The van der Waals surface area contributed by atoms with Gasteiger partial charge < -0.3 is 23.7 Å². The summed E-state index contributed by atoms with van der Waals surface area (Å²) >= 11 is 0. The lowest BCUT2D eigenvalue weighted by Crippen LogP contribution is -2.33. The number of fused-ring (bicyclic) bond motifs is 1. The van der Waals surface area contributed by atoms with Crippen molar-refractivity contribution >= 4 is 0 Å². The van der Waals surface area contributed by atoms with Crippen LogP contribution < -0.4 is 0 Å². The molecule has 0 bridgehead atoms. The molecular weight excluding hydrogens is 224 g/mol. The van der Waals surface area contributed by atoms with Gasteiger partial charge in [0.2, 0.25) is 0 Å². The lowest BCUT2D eigenvalue weighted by Gasteiger charge is -2.23. The summed E-state index contributed by atoms with van der Waals surface area (Å²) in [4.78, 5) is 0. The average molecular weight is 244 g/mol. The Kier molecular flexibility index (Phi) is 2.55. The summed E-state index contributed by atoms with van der Waals surface area (Å²) in [5, 5.41) is 0. The number of rotatable bonds is 1. The molecule has 0 amide bonds. The summed E-state index contributed by atoms with van der Waals surface area (Å²) in [6.07, 6.45) is 0.538. The van der Waals surface area contributed by atoms with Gasteiger partial charge in [0, 0.05) is 6.42 Å². The second kappa shape index (κ2) is 3.65. The zero-order chi connectivity index (χ0) is 12.3. The Morgan fingerprint density at radius 3 is 2.12 bits per heavy atom. The van der Waals surface area contributed by atoms with Crippen molar-refractivity contribution < 1.29 is 23.7 Å². The maximum absolute atomic E-state index is 5.85. The summed E-state index contributed by atoms with van der Waals surface area (Å²) in [6.45, 7) is 8.21. The van der Waals surface area contributed by atoms with Crippen LogP contribution in [0.1, 0.15) is 34.1 Å². The average Bonchev–Trinajstić information content (AvgIpc) is 2.75. The van der Waals surface area contributed by atoms with Crippen LogP contribution in [0.2, 0.25) is 0 Å². The number of ether oxygens (including phenoxy) is 5. The van der Waals surface area contributed by atoms with Gasteiger partial charge in [-0.25, -0.2) is 0 Å². The molecular formula is C12H20O5. The van der Waals surface area contributed by atoms with Crippen molar-refractivity contribution in [3.05, 3.63) is 0 Å². The molecule has 17 heavy (non-hydrogen) atoms. The molecule has 4 atom stereocenters. The Hall–Kier alpha value is -0.200. The molecule has 98 valence electrons. The van der Waals surface area contributed by atoms with E-state index in [-0.39, 0.29) is 24.6 Å². The van der Waals surface area contributed by atoms with Gasteiger partial charge in [0.05, 0.1) is 12.7 Å². The first kappa shape index (κ1) is 11.9. The summed E-state index contributed by atoms with van der Waals surface area (Å²) in [5.74, 6) is -1.04. The smallest absolute Gasteiger partial charge is 0.187 e. The van der Waals surface area contributed by atoms with Gasteiger partial charge in [0.25, 0.3) is 0 Å². The van der Waals surface area contributed by atoms with Gasteiger partial charge in [-0.2, -0.15) is 0 Å². The predicted molar refractivity (Wildman–Crippen MR) is 58.2 cm³/mol. The van der Waals surface area contributed by atoms with Crippen LogP contribution in [0.3, 0.4) is 0 Å². The molecule has 0 aromatic rings.